The number of fused-ring (bicyclic) bond motifs is 3. The molecule has 2 aromatic carbocycles. The number of anilines is 2. The van der Waals surface area contributed by atoms with Crippen LogP contribution in [0.2, 0.25) is 0 Å². The van der Waals surface area contributed by atoms with Crippen molar-refractivity contribution >= 4 is 40.2 Å². The van der Waals surface area contributed by atoms with Gasteiger partial charge in [0.05, 0.1) is 11.0 Å². The van der Waals surface area contributed by atoms with Crippen LogP contribution >= 0.6 is 0 Å². The zero-order chi connectivity index (χ0) is 25.3. The molecule has 1 aliphatic rings. The minimum atomic E-state index is -0.548. The van der Waals surface area contributed by atoms with Gasteiger partial charge in [0.1, 0.15) is 5.60 Å². The smallest absolute Gasteiger partial charge is 0.410 e. The molecule has 0 aliphatic carbocycles. The predicted molar refractivity (Wildman–Crippen MR) is 134 cm³/mol. The van der Waals surface area contributed by atoms with Crippen molar-refractivity contribution in [2.45, 2.75) is 32.8 Å². The van der Waals surface area contributed by atoms with Gasteiger partial charge in [-0.3, -0.25) is 4.79 Å². The van der Waals surface area contributed by atoms with Crippen molar-refractivity contribution in [3.05, 3.63) is 54.1 Å². The third kappa shape index (κ3) is 4.90. The van der Waals surface area contributed by atoms with Crippen molar-refractivity contribution in [3.63, 3.8) is 0 Å². The minimum Gasteiger partial charge on any atom is -0.444 e. The number of tetrazole rings is 1. The van der Waals surface area contributed by atoms with E-state index >= 15 is 0 Å². The Labute approximate surface area is 208 Å². The average Bonchev–Trinajstić information content (AvgIpc) is 3.21. The molecule has 36 heavy (non-hydrogen) atoms. The first-order valence-corrected chi connectivity index (χ1v) is 11.9. The maximum atomic E-state index is 13.1. The van der Waals surface area contributed by atoms with Crippen LogP contribution < -0.4 is 5.32 Å². The highest BCUT2D eigenvalue weighted by Gasteiger charge is 2.26. The fraction of sp³-hybridized carbons (Fsp3) is 0.360. The van der Waals surface area contributed by atoms with Crippen molar-refractivity contribution in [3.8, 4) is 0 Å². The second-order valence-corrected chi connectivity index (χ2v) is 9.68. The summed E-state index contributed by atoms with van der Waals surface area (Å²) in [6.07, 6.45) is 0.354. The standard InChI is InChI=1S/C25H28N8O3/c1-25(2,3)36-24(35)32-14-6-13-31(15-16-32)23(34)17-9-11-18(12-10-17)26-21-22-28-29-30-33(22)20-8-5-4-7-19(20)27-21/h4-5,7-12H,6,13-16H2,1-3H3,(H,26,27). The molecule has 1 saturated heterocycles. The fourth-order valence-electron chi connectivity index (χ4n) is 4.13. The first-order valence-electron chi connectivity index (χ1n) is 11.9. The number of carbonyl (C=O) groups is 2. The molecule has 0 atom stereocenters. The lowest BCUT2D eigenvalue weighted by Crippen LogP contribution is -2.40. The molecule has 5 rings (SSSR count). The van der Waals surface area contributed by atoms with Crippen molar-refractivity contribution in [1.29, 1.82) is 0 Å². The Kier molecular flexibility index (Phi) is 6.13. The van der Waals surface area contributed by atoms with Crippen LogP contribution in [0.4, 0.5) is 16.3 Å². The summed E-state index contributed by atoms with van der Waals surface area (Å²) < 4.78 is 7.12. The Morgan fingerprint density at radius 3 is 2.44 bits per heavy atom. The number of nitrogens with zero attached hydrogens (tertiary/aromatic N) is 7. The molecule has 1 aliphatic heterocycles. The maximum absolute atomic E-state index is 13.1. The van der Waals surface area contributed by atoms with Gasteiger partial charge in [-0.1, -0.05) is 12.1 Å². The van der Waals surface area contributed by atoms with Gasteiger partial charge >= 0.3 is 6.09 Å². The minimum absolute atomic E-state index is 0.0690. The number of hydrogen-bond donors (Lipinski definition) is 1. The van der Waals surface area contributed by atoms with Gasteiger partial charge < -0.3 is 19.9 Å². The van der Waals surface area contributed by atoms with E-state index in [2.05, 4.69) is 25.8 Å². The summed E-state index contributed by atoms with van der Waals surface area (Å²) in [5.74, 6) is 0.452. The number of carbonyl (C=O) groups excluding carboxylic acids is 2. The lowest BCUT2D eigenvalue weighted by atomic mass is 10.1. The summed E-state index contributed by atoms with van der Waals surface area (Å²) >= 11 is 0. The molecule has 2 amide bonds. The Bertz CT molecular complexity index is 1410. The Morgan fingerprint density at radius 2 is 1.67 bits per heavy atom. The summed E-state index contributed by atoms with van der Waals surface area (Å²) in [6.45, 7) is 7.58. The number of hydrogen-bond acceptors (Lipinski definition) is 8. The summed E-state index contributed by atoms with van der Waals surface area (Å²) in [7, 11) is 0. The second-order valence-electron chi connectivity index (χ2n) is 9.68. The number of aromatic nitrogens is 5. The van der Waals surface area contributed by atoms with Gasteiger partial charge in [-0.2, -0.15) is 4.52 Å². The largest absolute Gasteiger partial charge is 0.444 e. The molecule has 0 radical (unpaired) electrons. The van der Waals surface area contributed by atoms with E-state index in [1.807, 2.05) is 57.2 Å². The van der Waals surface area contributed by atoms with E-state index < -0.39 is 5.60 Å². The van der Waals surface area contributed by atoms with E-state index in [0.29, 0.717) is 49.6 Å². The lowest BCUT2D eigenvalue weighted by molar-refractivity contribution is 0.0255. The van der Waals surface area contributed by atoms with Crippen molar-refractivity contribution in [2.24, 2.45) is 0 Å². The number of para-hydroxylation sites is 2. The van der Waals surface area contributed by atoms with Crippen molar-refractivity contribution in [2.75, 3.05) is 31.5 Å². The zero-order valence-corrected chi connectivity index (χ0v) is 20.5. The van der Waals surface area contributed by atoms with Gasteiger partial charge in [0.25, 0.3) is 5.91 Å². The van der Waals surface area contributed by atoms with Gasteiger partial charge in [0, 0.05) is 37.4 Å². The van der Waals surface area contributed by atoms with E-state index in [1.54, 1.807) is 26.4 Å². The van der Waals surface area contributed by atoms with Crippen LogP contribution in [0.25, 0.3) is 16.7 Å². The van der Waals surface area contributed by atoms with E-state index in [4.69, 9.17) is 4.74 Å². The van der Waals surface area contributed by atoms with E-state index in [-0.39, 0.29) is 12.0 Å². The zero-order valence-electron chi connectivity index (χ0n) is 20.5. The van der Waals surface area contributed by atoms with Crippen LogP contribution in [0.5, 0.6) is 0 Å². The number of amides is 2. The fourth-order valence-corrected chi connectivity index (χ4v) is 4.13. The Hall–Kier alpha value is -4.28. The number of benzene rings is 2. The van der Waals surface area contributed by atoms with Gasteiger partial charge in [0.15, 0.2) is 5.82 Å². The molecule has 2 aromatic heterocycles. The molecule has 3 heterocycles. The third-order valence-corrected chi connectivity index (χ3v) is 5.85. The Balaban J connectivity index is 1.27. The highest BCUT2D eigenvalue weighted by atomic mass is 16.6. The molecule has 1 N–H and O–H groups in total. The maximum Gasteiger partial charge on any atom is 0.410 e. The predicted octanol–water partition coefficient (Wildman–Crippen LogP) is 3.50. The van der Waals surface area contributed by atoms with Crippen LogP contribution in [-0.2, 0) is 4.74 Å². The molecule has 186 valence electrons. The van der Waals surface area contributed by atoms with Crippen molar-refractivity contribution in [1.82, 2.24) is 34.8 Å². The molecule has 11 nitrogen and oxygen atoms in total. The van der Waals surface area contributed by atoms with Gasteiger partial charge in [-0.15, -0.1) is 5.10 Å². The van der Waals surface area contributed by atoms with Gasteiger partial charge in [-0.25, -0.2) is 9.78 Å². The van der Waals surface area contributed by atoms with Gasteiger partial charge in [-0.05, 0) is 74.0 Å². The SMILES string of the molecule is CC(C)(C)OC(=O)N1CCCN(C(=O)c2ccc(Nc3nc4ccccc4n4nnnc34)cc2)CC1. The number of rotatable bonds is 3. The quantitative estimate of drug-likeness (QED) is 0.466. The highest BCUT2D eigenvalue weighted by Crippen LogP contribution is 2.23. The summed E-state index contributed by atoms with van der Waals surface area (Å²) in [5, 5.41) is 15.2. The van der Waals surface area contributed by atoms with E-state index in [1.165, 1.54) is 0 Å². The molecular weight excluding hydrogens is 460 g/mol. The first-order chi connectivity index (χ1) is 17.3. The van der Waals surface area contributed by atoms with Crippen LogP contribution in [0.1, 0.15) is 37.6 Å². The molecule has 4 aromatic rings. The van der Waals surface area contributed by atoms with Crippen LogP contribution in [-0.4, -0.2) is 78.6 Å². The summed E-state index contributed by atoms with van der Waals surface area (Å²) in [4.78, 5) is 33.7. The van der Waals surface area contributed by atoms with Gasteiger partial charge in [0.2, 0.25) is 5.65 Å². The molecule has 1 fully saturated rings. The van der Waals surface area contributed by atoms with Crippen LogP contribution in [0, 0.1) is 0 Å². The molecule has 0 unspecified atom stereocenters. The van der Waals surface area contributed by atoms with Crippen LogP contribution in [0.15, 0.2) is 48.5 Å². The molecule has 0 spiro atoms. The second kappa shape index (κ2) is 9.40. The summed E-state index contributed by atoms with van der Waals surface area (Å²) in [6, 6.07) is 14.8. The molecular formula is C25H28N8O3. The number of nitrogens with one attached hydrogen (secondary N) is 1. The molecule has 0 saturated carbocycles. The van der Waals surface area contributed by atoms with Crippen molar-refractivity contribution < 1.29 is 14.3 Å². The normalized spacial score (nSPS) is 14.6. The topological polar surface area (TPSA) is 118 Å². The van der Waals surface area contributed by atoms with E-state index in [0.717, 1.165) is 16.7 Å². The first kappa shape index (κ1) is 23.5. The van der Waals surface area contributed by atoms with Crippen LogP contribution in [0.3, 0.4) is 0 Å². The summed E-state index contributed by atoms with van der Waals surface area (Å²) in [5.41, 5.74) is 2.86. The average molecular weight is 489 g/mol. The molecule has 11 heteroatoms. The van der Waals surface area contributed by atoms with E-state index in [9.17, 15) is 9.59 Å². The monoisotopic (exact) mass is 488 g/mol. The molecule has 0 bridgehead atoms. The Morgan fingerprint density at radius 1 is 0.944 bits per heavy atom. The lowest BCUT2D eigenvalue weighted by Gasteiger charge is -2.26. The highest BCUT2D eigenvalue weighted by molar-refractivity contribution is 5.95. The number of ether oxygens (including phenoxy) is 1. The third-order valence-electron chi connectivity index (χ3n) is 5.85.